The quantitative estimate of drug-likeness (QED) is 0.547. The average molecular weight is 405 g/mol. The number of rotatable bonds is 5. The minimum Gasteiger partial charge on any atom is -0.207 e. The van der Waals surface area contributed by atoms with Crippen molar-refractivity contribution in [2.75, 3.05) is 11.9 Å². The van der Waals surface area contributed by atoms with Crippen LogP contribution in [0.3, 0.4) is 0 Å². The van der Waals surface area contributed by atoms with Crippen molar-refractivity contribution in [2.24, 2.45) is 0 Å². The molecule has 0 heterocycles. The maximum absolute atomic E-state index is 13.7. The van der Waals surface area contributed by atoms with Crippen molar-refractivity contribution in [3.63, 3.8) is 0 Å². The highest BCUT2D eigenvalue weighted by Crippen LogP contribution is 2.35. The Morgan fingerprint density at radius 3 is 2.50 bits per heavy atom. The van der Waals surface area contributed by atoms with Crippen LogP contribution in [0.25, 0.3) is 0 Å². The Labute approximate surface area is 136 Å². The summed E-state index contributed by atoms with van der Waals surface area (Å²) in [6.07, 6.45) is 2.64. The second-order valence-corrected chi connectivity index (χ2v) is 8.00. The molecule has 0 atom stereocenters. The topological polar surface area (TPSA) is 37.4 Å². The van der Waals surface area contributed by atoms with Crippen LogP contribution in [0.1, 0.15) is 19.3 Å². The number of hydrogen-bond acceptors (Lipinski definition) is 2. The standard InChI is InChI=1S/C12H13BrCl2FNO2S/c13-6-7-17(8-2-1-3-8)20(18,19)10-5-4-9(14)12(16)11(10)15/h4-5,8H,1-3,6-7H2. The van der Waals surface area contributed by atoms with Gasteiger partial charge in [-0.3, -0.25) is 0 Å². The molecule has 0 bridgehead atoms. The van der Waals surface area contributed by atoms with E-state index in [2.05, 4.69) is 15.9 Å². The number of sulfonamides is 1. The van der Waals surface area contributed by atoms with E-state index in [1.165, 1.54) is 16.4 Å². The summed E-state index contributed by atoms with van der Waals surface area (Å²) in [4.78, 5) is -0.228. The molecule has 1 fully saturated rings. The zero-order chi connectivity index (χ0) is 14.9. The van der Waals surface area contributed by atoms with Gasteiger partial charge in [0, 0.05) is 17.9 Å². The monoisotopic (exact) mass is 403 g/mol. The lowest BCUT2D eigenvalue weighted by Gasteiger charge is -2.36. The van der Waals surface area contributed by atoms with Gasteiger partial charge in [0.15, 0.2) is 5.82 Å². The van der Waals surface area contributed by atoms with Gasteiger partial charge in [0.2, 0.25) is 10.0 Å². The van der Waals surface area contributed by atoms with E-state index in [-0.39, 0.29) is 16.0 Å². The normalized spacial score (nSPS) is 16.4. The van der Waals surface area contributed by atoms with Gasteiger partial charge in [0.1, 0.15) is 4.90 Å². The Balaban J connectivity index is 2.45. The zero-order valence-corrected chi connectivity index (χ0v) is 14.4. The summed E-state index contributed by atoms with van der Waals surface area (Å²) in [6, 6.07) is 2.43. The fourth-order valence-corrected chi connectivity index (χ4v) is 5.11. The van der Waals surface area contributed by atoms with Gasteiger partial charge >= 0.3 is 0 Å². The third kappa shape index (κ3) is 2.99. The fraction of sp³-hybridized carbons (Fsp3) is 0.500. The Morgan fingerprint density at radius 1 is 1.35 bits per heavy atom. The van der Waals surface area contributed by atoms with Crippen LogP contribution in [-0.4, -0.2) is 30.6 Å². The zero-order valence-electron chi connectivity index (χ0n) is 10.5. The lowest BCUT2D eigenvalue weighted by atomic mass is 9.93. The van der Waals surface area contributed by atoms with Crippen molar-refractivity contribution in [2.45, 2.75) is 30.2 Å². The van der Waals surface area contributed by atoms with Crippen LogP contribution in [0.2, 0.25) is 10.0 Å². The summed E-state index contributed by atoms with van der Waals surface area (Å²) in [5.41, 5.74) is 0. The molecule has 0 spiro atoms. The molecule has 1 aromatic carbocycles. The molecule has 1 aliphatic carbocycles. The van der Waals surface area contributed by atoms with E-state index in [9.17, 15) is 12.8 Å². The molecular weight excluding hydrogens is 392 g/mol. The molecule has 0 aromatic heterocycles. The van der Waals surface area contributed by atoms with Crippen molar-refractivity contribution in [3.8, 4) is 0 Å². The number of halogens is 4. The first-order valence-corrected chi connectivity index (χ1v) is 9.42. The Hall–Kier alpha value is 0.120. The molecule has 0 saturated heterocycles. The van der Waals surface area contributed by atoms with E-state index < -0.39 is 20.9 Å². The summed E-state index contributed by atoms with van der Waals surface area (Å²) >= 11 is 14.7. The number of benzene rings is 1. The average Bonchev–Trinajstić information content (AvgIpc) is 2.33. The maximum atomic E-state index is 13.7. The molecule has 1 aliphatic rings. The highest BCUT2D eigenvalue weighted by molar-refractivity contribution is 9.09. The van der Waals surface area contributed by atoms with Crippen LogP contribution in [0.4, 0.5) is 4.39 Å². The smallest absolute Gasteiger partial charge is 0.207 e. The van der Waals surface area contributed by atoms with Crippen molar-refractivity contribution >= 4 is 49.2 Å². The summed E-state index contributed by atoms with van der Waals surface area (Å²) in [5, 5.41) is -0.128. The number of alkyl halides is 1. The van der Waals surface area contributed by atoms with Gasteiger partial charge < -0.3 is 0 Å². The van der Waals surface area contributed by atoms with Gasteiger partial charge in [0.05, 0.1) is 10.0 Å². The SMILES string of the molecule is O=S(=O)(c1ccc(Cl)c(F)c1Cl)N(CCBr)C1CCC1. The predicted octanol–water partition coefficient (Wildman–Crippen LogP) is 4.07. The van der Waals surface area contributed by atoms with Crippen LogP contribution in [0.15, 0.2) is 17.0 Å². The fourth-order valence-electron chi connectivity index (χ4n) is 2.09. The lowest BCUT2D eigenvalue weighted by molar-refractivity contribution is 0.228. The molecule has 1 aromatic rings. The van der Waals surface area contributed by atoms with E-state index >= 15 is 0 Å². The predicted molar refractivity (Wildman–Crippen MR) is 81.7 cm³/mol. The largest absolute Gasteiger partial charge is 0.244 e. The Bertz CT molecular complexity index is 608. The van der Waals surface area contributed by atoms with E-state index in [4.69, 9.17) is 23.2 Å². The number of hydrogen-bond donors (Lipinski definition) is 0. The van der Waals surface area contributed by atoms with Crippen molar-refractivity contribution in [1.29, 1.82) is 0 Å². The lowest BCUT2D eigenvalue weighted by Crippen LogP contribution is -2.45. The minimum absolute atomic E-state index is 0.0349. The van der Waals surface area contributed by atoms with Crippen LogP contribution >= 0.6 is 39.1 Å². The highest BCUT2D eigenvalue weighted by Gasteiger charge is 2.36. The molecule has 0 unspecified atom stereocenters. The van der Waals surface area contributed by atoms with Crippen LogP contribution in [0.5, 0.6) is 0 Å². The Kier molecular flexibility index (Phi) is 5.34. The van der Waals surface area contributed by atoms with E-state index in [0.717, 1.165) is 19.3 Å². The summed E-state index contributed by atoms with van der Waals surface area (Å²) in [5.74, 6) is -0.901. The highest BCUT2D eigenvalue weighted by atomic mass is 79.9. The number of nitrogens with zero attached hydrogens (tertiary/aromatic N) is 1. The second-order valence-electron chi connectivity index (χ2n) is 4.56. The molecule has 8 heteroatoms. The molecule has 0 N–H and O–H groups in total. The molecule has 0 amide bonds. The van der Waals surface area contributed by atoms with Gasteiger partial charge in [-0.15, -0.1) is 0 Å². The van der Waals surface area contributed by atoms with Gasteiger partial charge in [-0.1, -0.05) is 45.6 Å². The summed E-state index contributed by atoms with van der Waals surface area (Å²) < 4.78 is 40.4. The van der Waals surface area contributed by atoms with E-state index in [0.29, 0.717) is 11.9 Å². The first-order chi connectivity index (χ1) is 9.39. The van der Waals surface area contributed by atoms with E-state index in [1.807, 2.05) is 0 Å². The van der Waals surface area contributed by atoms with Gasteiger partial charge in [-0.2, -0.15) is 4.31 Å². The van der Waals surface area contributed by atoms with Gasteiger partial charge in [-0.05, 0) is 25.0 Å². The first-order valence-electron chi connectivity index (χ1n) is 6.11. The van der Waals surface area contributed by atoms with Crippen molar-refractivity contribution < 1.29 is 12.8 Å². The second kappa shape index (κ2) is 6.48. The molecule has 0 radical (unpaired) electrons. The Morgan fingerprint density at radius 2 is 2.00 bits per heavy atom. The summed E-state index contributed by atoms with van der Waals surface area (Å²) in [6.45, 7) is 0.327. The summed E-state index contributed by atoms with van der Waals surface area (Å²) in [7, 11) is -3.82. The molecular formula is C12H13BrCl2FNO2S. The third-order valence-corrected chi connectivity index (χ3v) is 6.50. The van der Waals surface area contributed by atoms with Gasteiger partial charge in [0.25, 0.3) is 0 Å². The van der Waals surface area contributed by atoms with Crippen LogP contribution in [0, 0.1) is 5.82 Å². The molecule has 1 saturated carbocycles. The van der Waals surface area contributed by atoms with Gasteiger partial charge in [-0.25, -0.2) is 12.8 Å². The first kappa shape index (κ1) is 16.5. The van der Waals surface area contributed by atoms with Crippen molar-refractivity contribution in [1.82, 2.24) is 4.31 Å². The van der Waals surface area contributed by atoms with Crippen LogP contribution in [-0.2, 0) is 10.0 Å². The van der Waals surface area contributed by atoms with Crippen LogP contribution < -0.4 is 0 Å². The molecule has 2 rings (SSSR count). The molecule has 112 valence electrons. The third-order valence-electron chi connectivity index (χ3n) is 3.37. The van der Waals surface area contributed by atoms with Crippen molar-refractivity contribution in [3.05, 3.63) is 28.0 Å². The minimum atomic E-state index is -3.82. The molecule has 3 nitrogen and oxygen atoms in total. The maximum Gasteiger partial charge on any atom is 0.244 e. The molecule has 0 aliphatic heterocycles. The molecule has 20 heavy (non-hydrogen) atoms. The van der Waals surface area contributed by atoms with E-state index in [1.54, 1.807) is 0 Å².